The van der Waals surface area contributed by atoms with E-state index in [9.17, 15) is 4.79 Å². The third kappa shape index (κ3) is 3.69. The van der Waals surface area contributed by atoms with Crippen LogP contribution in [-0.2, 0) is 6.54 Å². The van der Waals surface area contributed by atoms with E-state index in [0.717, 1.165) is 24.8 Å². The lowest BCUT2D eigenvalue weighted by atomic mass is 9.86. The highest BCUT2D eigenvalue weighted by Crippen LogP contribution is 2.41. The third-order valence-electron chi connectivity index (χ3n) is 4.61. The number of nitrogens with zero attached hydrogens (tertiary/aromatic N) is 3. The molecule has 1 aliphatic carbocycles. The Kier molecular flexibility index (Phi) is 4.61. The summed E-state index contributed by atoms with van der Waals surface area (Å²) in [6.45, 7) is 5.11. The molecule has 5 nitrogen and oxygen atoms in total. The molecule has 3 rings (SSSR count). The van der Waals surface area contributed by atoms with Crippen molar-refractivity contribution in [3.63, 3.8) is 0 Å². The van der Waals surface area contributed by atoms with Crippen LogP contribution in [0.1, 0.15) is 38.7 Å². The molecule has 0 spiro atoms. The molecule has 1 atom stereocenters. The van der Waals surface area contributed by atoms with Crippen molar-refractivity contribution in [3.8, 4) is 0 Å². The molecule has 0 bridgehead atoms. The average molecular weight is 330 g/mol. The summed E-state index contributed by atoms with van der Waals surface area (Å²) >= 11 is 1.34. The number of benzene rings is 1. The molecule has 1 heterocycles. The van der Waals surface area contributed by atoms with Crippen molar-refractivity contribution in [1.29, 1.82) is 0 Å². The van der Waals surface area contributed by atoms with Gasteiger partial charge in [0, 0.05) is 12.6 Å². The maximum Gasteiger partial charge on any atom is 0.324 e. The number of anilines is 1. The number of hydrogen-bond acceptors (Lipinski definition) is 4. The zero-order chi connectivity index (χ0) is 16.3. The van der Waals surface area contributed by atoms with Crippen molar-refractivity contribution in [2.45, 2.75) is 45.7 Å². The minimum atomic E-state index is -0.0921. The van der Waals surface area contributed by atoms with E-state index in [2.05, 4.69) is 41.5 Å². The van der Waals surface area contributed by atoms with Gasteiger partial charge in [-0.1, -0.05) is 61.9 Å². The topological polar surface area (TPSA) is 58.1 Å². The Hall–Kier alpha value is -1.95. The van der Waals surface area contributed by atoms with Gasteiger partial charge < -0.3 is 4.90 Å². The highest BCUT2D eigenvalue weighted by molar-refractivity contribution is 7.13. The summed E-state index contributed by atoms with van der Waals surface area (Å²) in [7, 11) is 0. The van der Waals surface area contributed by atoms with E-state index in [4.69, 9.17) is 0 Å². The molecule has 1 fully saturated rings. The van der Waals surface area contributed by atoms with E-state index < -0.39 is 0 Å². The molecule has 0 aliphatic heterocycles. The fourth-order valence-corrected chi connectivity index (χ4v) is 3.82. The van der Waals surface area contributed by atoms with Crippen molar-refractivity contribution in [3.05, 3.63) is 41.4 Å². The number of amides is 2. The molecule has 1 aromatic carbocycles. The van der Waals surface area contributed by atoms with Crippen LogP contribution < -0.4 is 5.32 Å². The third-order valence-corrected chi connectivity index (χ3v) is 5.21. The van der Waals surface area contributed by atoms with Gasteiger partial charge in [0.15, 0.2) is 0 Å². The Morgan fingerprint density at radius 3 is 2.78 bits per heavy atom. The first kappa shape index (κ1) is 15.9. The number of hydrogen-bond donors (Lipinski definition) is 1. The summed E-state index contributed by atoms with van der Waals surface area (Å²) < 4.78 is 0. The standard InChI is InChI=1S/C17H22N4OS/c1-17(2)10-6-9-14(17)21(11-13-7-4-3-5-8-13)16(22)19-15-20-18-12-23-15/h3-5,7-8,12,14H,6,9-11H2,1-2H3,(H,19,20,22)/t14-/m0/s1. The Bertz CT molecular complexity index is 642. The Morgan fingerprint density at radius 1 is 1.39 bits per heavy atom. The highest BCUT2D eigenvalue weighted by Gasteiger charge is 2.40. The SMILES string of the molecule is CC1(C)CCC[C@@H]1N(Cc1ccccc1)C(=O)Nc1nncs1. The van der Waals surface area contributed by atoms with Crippen molar-refractivity contribution in [1.82, 2.24) is 15.1 Å². The molecular weight excluding hydrogens is 308 g/mol. The van der Waals surface area contributed by atoms with Crippen LogP contribution in [0.25, 0.3) is 0 Å². The van der Waals surface area contributed by atoms with Crippen molar-refractivity contribution in [2.75, 3.05) is 5.32 Å². The largest absolute Gasteiger partial charge is 0.324 e. The maximum absolute atomic E-state index is 12.8. The number of carbonyl (C=O) groups excluding carboxylic acids is 1. The Labute approximate surface area is 140 Å². The molecule has 122 valence electrons. The van der Waals surface area contributed by atoms with Gasteiger partial charge in [0.25, 0.3) is 0 Å². The highest BCUT2D eigenvalue weighted by atomic mass is 32.1. The smallest absolute Gasteiger partial charge is 0.317 e. The molecule has 2 aromatic rings. The predicted octanol–water partition coefficient (Wildman–Crippen LogP) is 4.15. The van der Waals surface area contributed by atoms with E-state index in [-0.39, 0.29) is 17.5 Å². The Balaban J connectivity index is 1.82. The van der Waals surface area contributed by atoms with Crippen LogP contribution in [0.15, 0.2) is 35.8 Å². The molecule has 6 heteroatoms. The first-order chi connectivity index (χ1) is 11.1. The summed E-state index contributed by atoms with van der Waals surface area (Å²) in [5.41, 5.74) is 2.90. The van der Waals surface area contributed by atoms with E-state index in [0.29, 0.717) is 11.7 Å². The predicted molar refractivity (Wildman–Crippen MR) is 92.3 cm³/mol. The van der Waals surface area contributed by atoms with Gasteiger partial charge in [-0.05, 0) is 23.8 Å². The molecule has 23 heavy (non-hydrogen) atoms. The molecule has 0 saturated heterocycles. The average Bonchev–Trinajstić information content (AvgIpc) is 3.15. The Morgan fingerprint density at radius 2 is 2.17 bits per heavy atom. The van der Waals surface area contributed by atoms with E-state index in [1.54, 1.807) is 5.51 Å². The van der Waals surface area contributed by atoms with Gasteiger partial charge in [-0.25, -0.2) is 4.79 Å². The van der Waals surface area contributed by atoms with Gasteiger partial charge in [0.1, 0.15) is 5.51 Å². The van der Waals surface area contributed by atoms with Crippen molar-refractivity contribution >= 4 is 22.5 Å². The number of aromatic nitrogens is 2. The van der Waals surface area contributed by atoms with Gasteiger partial charge in [0.2, 0.25) is 5.13 Å². The second kappa shape index (κ2) is 6.66. The lowest BCUT2D eigenvalue weighted by Crippen LogP contribution is -2.47. The quantitative estimate of drug-likeness (QED) is 0.916. The normalized spacial score (nSPS) is 19.5. The second-order valence-electron chi connectivity index (χ2n) is 6.68. The van der Waals surface area contributed by atoms with Gasteiger partial charge in [-0.2, -0.15) is 0 Å². The summed E-state index contributed by atoms with van der Waals surface area (Å²) in [5, 5.41) is 11.1. The van der Waals surface area contributed by atoms with Crippen LogP contribution in [0.4, 0.5) is 9.93 Å². The maximum atomic E-state index is 12.8. The van der Waals surface area contributed by atoms with Crippen molar-refractivity contribution < 1.29 is 4.79 Å². The van der Waals surface area contributed by atoms with Crippen LogP contribution in [0.2, 0.25) is 0 Å². The molecule has 1 N–H and O–H groups in total. The number of urea groups is 1. The lowest BCUT2D eigenvalue weighted by Gasteiger charge is -2.37. The number of carbonyl (C=O) groups is 1. The molecule has 1 aliphatic rings. The molecule has 0 radical (unpaired) electrons. The number of rotatable bonds is 4. The van der Waals surface area contributed by atoms with Crippen LogP contribution in [0, 0.1) is 5.41 Å². The molecule has 2 amide bonds. The van der Waals surface area contributed by atoms with Gasteiger partial charge in [-0.3, -0.25) is 5.32 Å². The molecule has 0 unspecified atom stereocenters. The van der Waals surface area contributed by atoms with Gasteiger partial charge >= 0.3 is 6.03 Å². The van der Waals surface area contributed by atoms with E-state index >= 15 is 0 Å². The first-order valence-electron chi connectivity index (χ1n) is 7.94. The number of nitrogens with one attached hydrogen (secondary N) is 1. The van der Waals surface area contributed by atoms with E-state index in [1.807, 2.05) is 23.1 Å². The van der Waals surface area contributed by atoms with Crippen LogP contribution in [0.3, 0.4) is 0 Å². The zero-order valence-corrected chi connectivity index (χ0v) is 14.3. The summed E-state index contributed by atoms with van der Waals surface area (Å²) in [5.74, 6) is 0. The molecular formula is C17H22N4OS. The van der Waals surface area contributed by atoms with Crippen LogP contribution in [0.5, 0.6) is 0 Å². The van der Waals surface area contributed by atoms with Crippen molar-refractivity contribution in [2.24, 2.45) is 5.41 Å². The molecule has 1 saturated carbocycles. The monoisotopic (exact) mass is 330 g/mol. The van der Waals surface area contributed by atoms with Gasteiger partial charge in [-0.15, -0.1) is 10.2 Å². The summed E-state index contributed by atoms with van der Waals surface area (Å²) in [6, 6.07) is 10.3. The lowest BCUT2D eigenvalue weighted by molar-refractivity contribution is 0.131. The molecule has 1 aromatic heterocycles. The van der Waals surface area contributed by atoms with E-state index in [1.165, 1.54) is 11.3 Å². The summed E-state index contributed by atoms with van der Waals surface area (Å²) in [4.78, 5) is 14.8. The van der Waals surface area contributed by atoms with Crippen LogP contribution in [-0.4, -0.2) is 27.2 Å². The fourth-order valence-electron chi connectivity index (χ4n) is 3.38. The minimum Gasteiger partial charge on any atom is -0.317 e. The van der Waals surface area contributed by atoms with Gasteiger partial charge in [0.05, 0.1) is 0 Å². The summed E-state index contributed by atoms with van der Waals surface area (Å²) in [6.07, 6.45) is 3.35. The minimum absolute atomic E-state index is 0.0921. The van der Waals surface area contributed by atoms with Crippen LogP contribution >= 0.6 is 11.3 Å². The zero-order valence-electron chi connectivity index (χ0n) is 13.5. The second-order valence-corrected chi connectivity index (χ2v) is 7.52. The fraction of sp³-hybridized carbons (Fsp3) is 0.471. The first-order valence-corrected chi connectivity index (χ1v) is 8.82.